The monoisotopic (exact) mass is 387 g/mol. The number of nitrogens with one attached hydrogen (secondary N) is 2. The van der Waals surface area contributed by atoms with Gasteiger partial charge in [-0.2, -0.15) is 0 Å². The predicted octanol–water partition coefficient (Wildman–Crippen LogP) is 3.06. The number of nitrogens with two attached hydrogens (primary N) is 2. The number of carbonyl (C=O) groups is 1. The van der Waals surface area contributed by atoms with Crippen LogP contribution in [0.5, 0.6) is 5.75 Å². The Hall–Kier alpha value is -2.87. The second-order valence-electron chi connectivity index (χ2n) is 7.14. The number of amides is 1. The van der Waals surface area contributed by atoms with Crippen molar-refractivity contribution in [2.45, 2.75) is 44.7 Å². The molecule has 1 saturated carbocycles. The highest BCUT2D eigenvalue weighted by Crippen LogP contribution is 2.28. The Labute approximate surface area is 163 Å². The summed E-state index contributed by atoms with van der Waals surface area (Å²) in [6.07, 6.45) is 3.82. The molecule has 28 heavy (non-hydrogen) atoms. The van der Waals surface area contributed by atoms with Crippen LogP contribution in [0.4, 0.5) is 21.7 Å². The summed E-state index contributed by atoms with van der Waals surface area (Å²) < 4.78 is 19.8. The van der Waals surface area contributed by atoms with Crippen molar-refractivity contribution in [3.8, 4) is 5.75 Å². The second-order valence-corrected chi connectivity index (χ2v) is 7.14. The lowest BCUT2D eigenvalue weighted by molar-refractivity contribution is 0.100. The second kappa shape index (κ2) is 8.43. The number of methoxy groups -OCH3 is 1. The number of aromatic nitrogens is 1. The van der Waals surface area contributed by atoms with E-state index in [1.54, 1.807) is 13.2 Å². The molecular weight excluding hydrogens is 361 g/mol. The molecule has 0 aliphatic heterocycles. The summed E-state index contributed by atoms with van der Waals surface area (Å²) in [5, 5.41) is 6.15. The Balaban J connectivity index is 1.94. The topological polar surface area (TPSA) is 115 Å². The number of rotatable bonds is 6. The molecule has 1 fully saturated rings. The number of ether oxygens (including phenoxy) is 1. The number of hydrogen-bond donors (Lipinski definition) is 4. The van der Waals surface area contributed by atoms with Crippen LogP contribution in [0.15, 0.2) is 24.3 Å². The van der Waals surface area contributed by atoms with Crippen molar-refractivity contribution in [2.75, 3.05) is 17.7 Å². The molecule has 0 spiro atoms. The molecule has 0 bridgehead atoms. The minimum absolute atomic E-state index is 0.0311. The van der Waals surface area contributed by atoms with Crippen LogP contribution in [0.3, 0.4) is 0 Å². The van der Waals surface area contributed by atoms with E-state index in [0.29, 0.717) is 11.4 Å². The van der Waals surface area contributed by atoms with Gasteiger partial charge in [0.2, 0.25) is 0 Å². The van der Waals surface area contributed by atoms with Crippen LogP contribution in [-0.4, -0.2) is 30.1 Å². The smallest absolute Gasteiger partial charge is 0.252 e. The van der Waals surface area contributed by atoms with Crippen LogP contribution >= 0.6 is 0 Å². The van der Waals surface area contributed by atoms with Crippen molar-refractivity contribution in [1.29, 1.82) is 0 Å². The molecule has 1 aromatic heterocycles. The van der Waals surface area contributed by atoms with Gasteiger partial charge >= 0.3 is 0 Å². The van der Waals surface area contributed by atoms with Gasteiger partial charge in [-0.1, -0.05) is 12.8 Å². The third-order valence-corrected chi connectivity index (χ3v) is 4.93. The molecule has 6 N–H and O–H groups in total. The first-order chi connectivity index (χ1) is 13.4. The van der Waals surface area contributed by atoms with E-state index in [9.17, 15) is 9.18 Å². The maximum atomic E-state index is 14.6. The number of anilines is 3. The highest BCUT2D eigenvalue weighted by Gasteiger charge is 2.24. The zero-order valence-electron chi connectivity index (χ0n) is 16.1. The summed E-state index contributed by atoms with van der Waals surface area (Å²) >= 11 is 0. The molecule has 2 aromatic rings. The van der Waals surface area contributed by atoms with E-state index < -0.39 is 11.7 Å². The molecule has 1 heterocycles. The minimum Gasteiger partial charge on any atom is -0.497 e. The molecule has 1 unspecified atom stereocenters. The maximum Gasteiger partial charge on any atom is 0.252 e. The van der Waals surface area contributed by atoms with Crippen molar-refractivity contribution in [3.63, 3.8) is 0 Å². The number of benzene rings is 1. The van der Waals surface area contributed by atoms with E-state index >= 15 is 0 Å². The molecule has 0 saturated heterocycles. The van der Waals surface area contributed by atoms with Crippen LogP contribution in [0, 0.1) is 12.7 Å². The zero-order chi connectivity index (χ0) is 20.3. The summed E-state index contributed by atoms with van der Waals surface area (Å²) in [6, 6.07) is 6.46. The summed E-state index contributed by atoms with van der Waals surface area (Å²) in [7, 11) is 1.57. The Kier molecular flexibility index (Phi) is 5.99. The third kappa shape index (κ3) is 4.51. The lowest BCUT2D eigenvalue weighted by atomic mass is 9.91. The lowest BCUT2D eigenvalue weighted by Crippen LogP contribution is -2.43. The molecule has 1 aromatic carbocycles. The maximum absolute atomic E-state index is 14.6. The van der Waals surface area contributed by atoms with Crippen LogP contribution < -0.4 is 26.8 Å². The number of primary amides is 1. The van der Waals surface area contributed by atoms with Gasteiger partial charge in [-0.25, -0.2) is 9.37 Å². The largest absolute Gasteiger partial charge is 0.497 e. The Morgan fingerprint density at radius 1 is 1.21 bits per heavy atom. The lowest BCUT2D eigenvalue weighted by Gasteiger charge is -2.30. The van der Waals surface area contributed by atoms with Crippen LogP contribution in [0.2, 0.25) is 0 Å². The molecule has 1 amide bonds. The number of hydrogen-bond acceptors (Lipinski definition) is 6. The van der Waals surface area contributed by atoms with Gasteiger partial charge in [-0.3, -0.25) is 4.79 Å². The van der Waals surface area contributed by atoms with Crippen molar-refractivity contribution < 1.29 is 13.9 Å². The van der Waals surface area contributed by atoms with Gasteiger partial charge in [0.25, 0.3) is 5.91 Å². The van der Waals surface area contributed by atoms with Crippen LogP contribution in [-0.2, 0) is 0 Å². The highest BCUT2D eigenvalue weighted by atomic mass is 19.1. The van der Waals surface area contributed by atoms with Crippen molar-refractivity contribution in [3.05, 3.63) is 41.2 Å². The fourth-order valence-corrected chi connectivity index (χ4v) is 3.46. The summed E-state index contributed by atoms with van der Waals surface area (Å²) in [5.74, 6) is -0.534. The van der Waals surface area contributed by atoms with Gasteiger partial charge in [-0.05, 0) is 43.5 Å². The average Bonchev–Trinajstić information content (AvgIpc) is 2.65. The molecule has 1 aliphatic rings. The SMILES string of the molecule is COc1cc(C)cc(Nc2nc(NC3CCCC[C@@H]3N)c(F)cc2C(N)=O)c1. The molecule has 1 aliphatic carbocycles. The van der Waals surface area contributed by atoms with Gasteiger partial charge in [0.15, 0.2) is 11.6 Å². The van der Waals surface area contributed by atoms with Crippen LogP contribution in [0.1, 0.15) is 41.6 Å². The fourth-order valence-electron chi connectivity index (χ4n) is 3.46. The van der Waals surface area contributed by atoms with Gasteiger partial charge in [0, 0.05) is 23.8 Å². The molecule has 7 nitrogen and oxygen atoms in total. The van der Waals surface area contributed by atoms with E-state index in [1.807, 2.05) is 19.1 Å². The highest BCUT2D eigenvalue weighted by molar-refractivity contribution is 5.98. The zero-order valence-corrected chi connectivity index (χ0v) is 16.1. The number of carbonyl (C=O) groups excluding carboxylic acids is 1. The average molecular weight is 387 g/mol. The van der Waals surface area contributed by atoms with Crippen molar-refractivity contribution in [2.24, 2.45) is 11.5 Å². The first-order valence-corrected chi connectivity index (χ1v) is 9.32. The van der Waals surface area contributed by atoms with E-state index in [4.69, 9.17) is 16.2 Å². The van der Waals surface area contributed by atoms with Gasteiger partial charge in [-0.15, -0.1) is 0 Å². The number of halogens is 1. The first kappa shape index (κ1) is 19.9. The van der Waals surface area contributed by atoms with Crippen molar-refractivity contribution in [1.82, 2.24) is 4.98 Å². The predicted molar refractivity (Wildman–Crippen MR) is 108 cm³/mol. The molecule has 8 heteroatoms. The number of pyridine rings is 1. The van der Waals surface area contributed by atoms with Gasteiger partial charge < -0.3 is 26.8 Å². The van der Waals surface area contributed by atoms with E-state index in [-0.39, 0.29) is 29.3 Å². The summed E-state index contributed by atoms with van der Waals surface area (Å²) in [4.78, 5) is 16.1. The number of nitrogens with zero attached hydrogens (tertiary/aromatic N) is 1. The van der Waals surface area contributed by atoms with Crippen LogP contribution in [0.25, 0.3) is 0 Å². The van der Waals surface area contributed by atoms with Crippen molar-refractivity contribution >= 4 is 23.2 Å². The standard InChI is InChI=1S/C20H26FN5O2/c1-11-7-12(9-13(8-11)28-2)24-19-14(18(23)27)10-15(21)20(26-19)25-17-6-4-3-5-16(17)22/h7-10,16-17H,3-6,22H2,1-2H3,(H2,23,27)(H2,24,25,26)/t16-,17?/m0/s1. The Morgan fingerprint density at radius 3 is 2.64 bits per heavy atom. The van der Waals surface area contributed by atoms with Gasteiger partial charge in [0.05, 0.1) is 12.7 Å². The Morgan fingerprint density at radius 2 is 1.96 bits per heavy atom. The Bertz CT molecular complexity index is 874. The number of aryl methyl sites for hydroxylation is 1. The molecular formula is C20H26FN5O2. The molecule has 0 radical (unpaired) electrons. The quantitative estimate of drug-likeness (QED) is 0.605. The van der Waals surface area contributed by atoms with E-state index in [0.717, 1.165) is 37.3 Å². The minimum atomic E-state index is -0.769. The molecule has 150 valence electrons. The molecule has 3 rings (SSSR count). The summed E-state index contributed by atoms with van der Waals surface area (Å²) in [5.41, 5.74) is 13.2. The van der Waals surface area contributed by atoms with Gasteiger partial charge in [0.1, 0.15) is 11.6 Å². The third-order valence-electron chi connectivity index (χ3n) is 4.93. The normalized spacial score (nSPS) is 19.1. The first-order valence-electron chi connectivity index (χ1n) is 9.32. The van der Waals surface area contributed by atoms with E-state index in [2.05, 4.69) is 15.6 Å². The van der Waals surface area contributed by atoms with E-state index in [1.165, 1.54) is 0 Å². The fraction of sp³-hybridized carbons (Fsp3) is 0.400. The molecule has 2 atom stereocenters. The summed E-state index contributed by atoms with van der Waals surface area (Å²) in [6.45, 7) is 1.91.